The molecule has 1 aliphatic rings. The second-order valence-corrected chi connectivity index (χ2v) is 10.5. The third-order valence-electron chi connectivity index (χ3n) is 6.22. The maximum Gasteiger partial charge on any atom is 0.414 e. The number of aliphatic hydroxyl groups excluding tert-OH is 1. The molecule has 2 atom stereocenters. The van der Waals surface area contributed by atoms with E-state index in [1.165, 1.54) is 26.0 Å². The molecule has 4 rings (SSSR count). The van der Waals surface area contributed by atoms with Gasteiger partial charge in [-0.15, -0.1) is 0 Å². The summed E-state index contributed by atoms with van der Waals surface area (Å²) in [5.41, 5.74) is -5.95. The number of hydrogen-bond donors (Lipinski definition) is 3. The van der Waals surface area contributed by atoms with Crippen molar-refractivity contribution < 1.29 is 36.2 Å². The minimum atomic E-state index is -5.33. The van der Waals surface area contributed by atoms with Crippen molar-refractivity contribution in [2.24, 2.45) is 0 Å². The predicted octanol–water partition coefficient (Wildman–Crippen LogP) is 4.46. The van der Waals surface area contributed by atoms with Crippen molar-refractivity contribution in [3.8, 4) is 5.75 Å². The largest absolute Gasteiger partial charge is 0.505 e. The third kappa shape index (κ3) is 3.48. The van der Waals surface area contributed by atoms with Crippen LogP contribution in [0.25, 0.3) is 10.8 Å². The van der Waals surface area contributed by atoms with Crippen LogP contribution in [-0.2, 0) is 21.0 Å². The summed E-state index contributed by atoms with van der Waals surface area (Å²) >= 11 is 0. The fraction of sp³-hybridized carbons (Fsp3) is 0.304. The zero-order chi connectivity index (χ0) is 24.4. The molecule has 0 saturated heterocycles. The lowest BCUT2D eigenvalue weighted by Gasteiger charge is -2.49. The van der Waals surface area contributed by atoms with Crippen molar-refractivity contribution in [2.45, 2.75) is 48.4 Å². The quantitative estimate of drug-likeness (QED) is 0.480. The van der Waals surface area contributed by atoms with Crippen LogP contribution < -0.4 is 4.72 Å². The highest BCUT2D eigenvalue weighted by Crippen LogP contribution is 2.55. The second kappa shape index (κ2) is 7.41. The molecule has 0 amide bonds. The molecule has 3 aromatic rings. The molecule has 0 aliphatic heterocycles. The topological polar surface area (TPSA) is 86.6 Å². The Morgan fingerprint density at radius 1 is 1.03 bits per heavy atom. The van der Waals surface area contributed by atoms with E-state index in [2.05, 4.69) is 0 Å². The summed E-state index contributed by atoms with van der Waals surface area (Å²) in [6.07, 6.45) is -8.18. The van der Waals surface area contributed by atoms with Crippen LogP contribution in [0.1, 0.15) is 31.4 Å². The highest BCUT2D eigenvalue weighted by molar-refractivity contribution is 7.89. The normalized spacial score (nSPS) is 22.8. The van der Waals surface area contributed by atoms with Gasteiger partial charge in [0.25, 0.3) is 0 Å². The van der Waals surface area contributed by atoms with E-state index >= 15 is 0 Å². The fourth-order valence-electron chi connectivity index (χ4n) is 4.72. The number of phenols is 1. The molecule has 2 unspecified atom stereocenters. The highest BCUT2D eigenvalue weighted by atomic mass is 32.2. The molecule has 0 spiro atoms. The number of hydrogen-bond acceptors (Lipinski definition) is 4. The van der Waals surface area contributed by atoms with Gasteiger partial charge in [-0.3, -0.25) is 0 Å². The van der Waals surface area contributed by atoms with E-state index in [4.69, 9.17) is 0 Å². The van der Waals surface area contributed by atoms with Crippen LogP contribution in [0.15, 0.2) is 59.5 Å². The molecular weight excluding hydrogens is 462 g/mol. The average molecular weight is 483 g/mol. The molecule has 0 fully saturated rings. The number of benzene rings is 3. The number of phenolic OH excluding ortho intramolecular Hbond substituents is 1. The Labute approximate surface area is 187 Å². The number of fused-ring (bicyclic) bond motifs is 2. The van der Waals surface area contributed by atoms with Gasteiger partial charge >= 0.3 is 6.18 Å². The molecule has 0 radical (unpaired) electrons. The summed E-state index contributed by atoms with van der Waals surface area (Å²) in [4.78, 5) is -0.408. The highest BCUT2D eigenvalue weighted by Gasteiger charge is 2.66. The average Bonchev–Trinajstić information content (AvgIpc) is 2.71. The van der Waals surface area contributed by atoms with Gasteiger partial charge in [0, 0.05) is 10.9 Å². The number of sulfonamides is 1. The molecule has 33 heavy (non-hydrogen) atoms. The lowest BCUT2D eigenvalue weighted by Crippen LogP contribution is -2.66. The Morgan fingerprint density at radius 2 is 1.67 bits per heavy atom. The van der Waals surface area contributed by atoms with Crippen LogP contribution >= 0.6 is 0 Å². The number of alkyl halides is 3. The van der Waals surface area contributed by atoms with Crippen LogP contribution in [-0.4, -0.2) is 30.9 Å². The summed E-state index contributed by atoms with van der Waals surface area (Å²) < 4.78 is 86.7. The van der Waals surface area contributed by atoms with E-state index in [9.17, 15) is 36.2 Å². The molecule has 3 aromatic carbocycles. The van der Waals surface area contributed by atoms with Crippen molar-refractivity contribution in [1.82, 2.24) is 4.72 Å². The lowest BCUT2D eigenvalue weighted by atomic mass is 9.63. The van der Waals surface area contributed by atoms with Crippen molar-refractivity contribution in [2.75, 3.05) is 0 Å². The summed E-state index contributed by atoms with van der Waals surface area (Å²) in [5, 5.41) is 21.8. The van der Waals surface area contributed by atoms with Gasteiger partial charge in [-0.2, -0.15) is 17.9 Å². The Hall–Kier alpha value is -2.69. The molecule has 3 N–H and O–H groups in total. The number of nitrogens with one attached hydrogen (secondary N) is 1. The first kappa shape index (κ1) is 23.5. The maximum absolute atomic E-state index is 14.7. The molecule has 10 heteroatoms. The van der Waals surface area contributed by atoms with Crippen molar-refractivity contribution >= 4 is 20.8 Å². The molecular formula is C23H21F4NO4S. The van der Waals surface area contributed by atoms with E-state index in [0.29, 0.717) is 11.5 Å². The predicted molar refractivity (Wildman–Crippen MR) is 114 cm³/mol. The minimum absolute atomic E-state index is 0.192. The Balaban J connectivity index is 2.01. The van der Waals surface area contributed by atoms with E-state index in [1.807, 2.05) is 0 Å². The van der Waals surface area contributed by atoms with E-state index < -0.39 is 67.3 Å². The van der Waals surface area contributed by atoms with Gasteiger partial charge in [0.2, 0.25) is 10.0 Å². The molecule has 0 aromatic heterocycles. The first-order valence-electron chi connectivity index (χ1n) is 10.0. The monoisotopic (exact) mass is 483 g/mol. The van der Waals surface area contributed by atoms with Crippen molar-refractivity contribution in [3.63, 3.8) is 0 Å². The van der Waals surface area contributed by atoms with Crippen LogP contribution in [0.2, 0.25) is 0 Å². The van der Waals surface area contributed by atoms with E-state index in [-0.39, 0.29) is 5.39 Å². The van der Waals surface area contributed by atoms with Gasteiger partial charge in [-0.1, -0.05) is 56.3 Å². The SMILES string of the molecule is CC1(C)CC(O)C(NS(=O)(=O)c2cccc3ccccc23)(C(F)(F)F)c2ccc(F)c(O)c21. The van der Waals surface area contributed by atoms with Gasteiger partial charge in [-0.25, -0.2) is 12.8 Å². The summed E-state index contributed by atoms with van der Waals surface area (Å²) in [6.45, 7) is 2.88. The van der Waals surface area contributed by atoms with Crippen LogP contribution in [0.5, 0.6) is 5.75 Å². The first-order chi connectivity index (χ1) is 15.2. The van der Waals surface area contributed by atoms with E-state index in [1.54, 1.807) is 29.0 Å². The molecule has 5 nitrogen and oxygen atoms in total. The third-order valence-corrected chi connectivity index (χ3v) is 7.74. The van der Waals surface area contributed by atoms with E-state index in [0.717, 1.165) is 12.1 Å². The Bertz CT molecular complexity index is 1350. The molecule has 176 valence electrons. The van der Waals surface area contributed by atoms with Gasteiger partial charge in [0.1, 0.15) is 0 Å². The van der Waals surface area contributed by atoms with Crippen molar-refractivity contribution in [3.05, 3.63) is 71.5 Å². The number of rotatable bonds is 3. The van der Waals surface area contributed by atoms with Gasteiger partial charge in [-0.05, 0) is 34.9 Å². The number of aromatic hydroxyl groups is 1. The maximum atomic E-state index is 14.7. The standard InChI is InChI=1S/C23H21F4NO4S/c1-21(2)12-18(29)22(23(25,26)27,15-10-11-16(24)20(30)19(15)21)28-33(31,32)17-9-5-7-13-6-3-4-8-14(13)17/h3-11,18,28-30H,12H2,1-2H3. The Kier molecular flexibility index (Phi) is 5.27. The van der Waals surface area contributed by atoms with Crippen LogP contribution in [0.3, 0.4) is 0 Å². The zero-order valence-electron chi connectivity index (χ0n) is 17.6. The smallest absolute Gasteiger partial charge is 0.414 e. The zero-order valence-corrected chi connectivity index (χ0v) is 18.4. The second-order valence-electron chi connectivity index (χ2n) is 8.81. The fourth-order valence-corrected chi connectivity index (χ4v) is 6.35. The molecule has 0 saturated carbocycles. The van der Waals surface area contributed by atoms with Crippen LogP contribution in [0, 0.1) is 5.82 Å². The minimum Gasteiger partial charge on any atom is -0.505 e. The lowest BCUT2D eigenvalue weighted by molar-refractivity contribution is -0.228. The summed E-state index contributed by atoms with van der Waals surface area (Å²) in [7, 11) is -4.87. The number of aliphatic hydroxyl groups is 1. The Morgan fingerprint density at radius 3 is 2.33 bits per heavy atom. The van der Waals surface area contributed by atoms with Gasteiger partial charge in [0.15, 0.2) is 17.1 Å². The van der Waals surface area contributed by atoms with Crippen LogP contribution in [0.4, 0.5) is 17.6 Å². The summed E-state index contributed by atoms with van der Waals surface area (Å²) in [5.74, 6) is -2.16. The first-order valence-corrected chi connectivity index (χ1v) is 11.5. The van der Waals surface area contributed by atoms with Crippen molar-refractivity contribution in [1.29, 1.82) is 0 Å². The number of halogens is 4. The molecule has 1 aliphatic carbocycles. The molecule has 0 heterocycles. The molecule has 0 bridgehead atoms. The van der Waals surface area contributed by atoms with Gasteiger partial charge in [0.05, 0.1) is 11.0 Å². The van der Waals surface area contributed by atoms with Gasteiger partial charge < -0.3 is 10.2 Å². The summed E-state index contributed by atoms with van der Waals surface area (Å²) in [6, 6.07) is 11.8.